The number of hydrogen-bond acceptors (Lipinski definition) is 4. The average molecular weight is 300 g/mol. The molecule has 0 fully saturated rings. The highest BCUT2D eigenvalue weighted by Gasteiger charge is 2.31. The topological polar surface area (TPSA) is 90.5 Å². The van der Waals surface area contributed by atoms with Crippen LogP contribution >= 0.6 is 15.9 Å². The SMILES string of the molecule is CC(O)(COc1ccc(Br)cc1C#N)C(=O)O. The molecule has 90 valence electrons. The van der Waals surface area contributed by atoms with Crippen LogP contribution in [0.3, 0.4) is 0 Å². The van der Waals surface area contributed by atoms with Crippen LogP contribution in [0.25, 0.3) is 0 Å². The molecule has 1 unspecified atom stereocenters. The van der Waals surface area contributed by atoms with Gasteiger partial charge in [-0.05, 0) is 25.1 Å². The highest BCUT2D eigenvalue weighted by Crippen LogP contribution is 2.23. The quantitative estimate of drug-likeness (QED) is 0.880. The molecule has 1 aromatic rings. The zero-order valence-electron chi connectivity index (χ0n) is 8.98. The first-order valence-electron chi connectivity index (χ1n) is 4.65. The van der Waals surface area contributed by atoms with Crippen molar-refractivity contribution >= 4 is 21.9 Å². The summed E-state index contributed by atoms with van der Waals surface area (Å²) in [4.78, 5) is 10.6. The first kappa shape index (κ1) is 13.5. The summed E-state index contributed by atoms with van der Waals surface area (Å²) in [5.41, 5.74) is -1.72. The Bertz CT molecular complexity index is 479. The van der Waals surface area contributed by atoms with Crippen LogP contribution in [-0.4, -0.2) is 28.4 Å². The fraction of sp³-hybridized carbons (Fsp3) is 0.273. The molecule has 0 aliphatic carbocycles. The summed E-state index contributed by atoms with van der Waals surface area (Å²) in [6.07, 6.45) is 0. The van der Waals surface area contributed by atoms with E-state index in [4.69, 9.17) is 15.1 Å². The van der Waals surface area contributed by atoms with E-state index in [1.54, 1.807) is 12.1 Å². The van der Waals surface area contributed by atoms with E-state index in [2.05, 4.69) is 15.9 Å². The summed E-state index contributed by atoms with van der Waals surface area (Å²) < 4.78 is 5.85. The Balaban J connectivity index is 2.84. The van der Waals surface area contributed by atoms with Gasteiger partial charge in [-0.2, -0.15) is 5.26 Å². The molecular weight excluding hydrogens is 290 g/mol. The molecule has 0 spiro atoms. The first-order chi connectivity index (χ1) is 7.86. The van der Waals surface area contributed by atoms with Crippen molar-refractivity contribution in [2.45, 2.75) is 12.5 Å². The number of halogens is 1. The van der Waals surface area contributed by atoms with Crippen molar-refractivity contribution in [3.05, 3.63) is 28.2 Å². The summed E-state index contributed by atoms with van der Waals surface area (Å²) in [5, 5.41) is 27.0. The van der Waals surface area contributed by atoms with Crippen molar-refractivity contribution in [3.8, 4) is 11.8 Å². The molecule has 0 bridgehead atoms. The second-order valence-electron chi connectivity index (χ2n) is 3.62. The van der Waals surface area contributed by atoms with E-state index >= 15 is 0 Å². The first-order valence-corrected chi connectivity index (χ1v) is 5.44. The lowest BCUT2D eigenvalue weighted by molar-refractivity contribution is -0.159. The molecular formula is C11H10BrNO4. The molecule has 17 heavy (non-hydrogen) atoms. The number of ether oxygens (including phenoxy) is 1. The molecule has 1 aromatic carbocycles. The molecule has 0 heterocycles. The summed E-state index contributed by atoms with van der Waals surface area (Å²) in [5.74, 6) is -1.15. The number of hydrogen-bond donors (Lipinski definition) is 2. The normalized spacial score (nSPS) is 13.5. The molecule has 1 atom stereocenters. The molecule has 0 aliphatic rings. The van der Waals surface area contributed by atoms with Crippen LogP contribution in [0.5, 0.6) is 5.75 Å². The van der Waals surface area contributed by atoms with E-state index < -0.39 is 18.2 Å². The van der Waals surface area contributed by atoms with Gasteiger partial charge in [0.25, 0.3) is 0 Å². The van der Waals surface area contributed by atoms with Crippen LogP contribution in [-0.2, 0) is 4.79 Å². The second-order valence-corrected chi connectivity index (χ2v) is 4.54. The number of benzene rings is 1. The third-order valence-corrected chi connectivity index (χ3v) is 2.52. The second kappa shape index (κ2) is 5.17. The molecule has 5 nitrogen and oxygen atoms in total. The fourth-order valence-electron chi connectivity index (χ4n) is 0.995. The summed E-state index contributed by atoms with van der Waals surface area (Å²) in [7, 11) is 0. The molecule has 0 saturated carbocycles. The Kier molecular flexibility index (Phi) is 4.10. The minimum atomic E-state index is -1.99. The van der Waals surface area contributed by atoms with Gasteiger partial charge in [-0.25, -0.2) is 4.79 Å². The van der Waals surface area contributed by atoms with Crippen LogP contribution in [0.1, 0.15) is 12.5 Å². The predicted octanol–water partition coefficient (Wildman–Crippen LogP) is 1.54. The fourth-order valence-corrected chi connectivity index (χ4v) is 1.36. The Labute approximate surface area is 106 Å². The Morgan fingerprint density at radius 2 is 2.29 bits per heavy atom. The number of carboxylic acids is 1. The number of nitriles is 1. The Morgan fingerprint density at radius 3 is 2.82 bits per heavy atom. The highest BCUT2D eigenvalue weighted by molar-refractivity contribution is 9.10. The third kappa shape index (κ3) is 3.44. The van der Waals surface area contributed by atoms with E-state index in [-0.39, 0.29) is 11.3 Å². The number of aliphatic carboxylic acids is 1. The minimum absolute atomic E-state index is 0.234. The molecule has 1 rings (SSSR count). The molecule has 6 heteroatoms. The van der Waals surface area contributed by atoms with Crippen molar-refractivity contribution < 1.29 is 19.7 Å². The van der Waals surface area contributed by atoms with Crippen molar-refractivity contribution in [2.24, 2.45) is 0 Å². The lowest BCUT2D eigenvalue weighted by atomic mass is 10.1. The van der Waals surface area contributed by atoms with Crippen LogP contribution in [0.15, 0.2) is 22.7 Å². The zero-order valence-corrected chi connectivity index (χ0v) is 10.6. The van der Waals surface area contributed by atoms with Crippen molar-refractivity contribution in [3.63, 3.8) is 0 Å². The summed E-state index contributed by atoms with van der Waals surface area (Å²) >= 11 is 3.20. The van der Waals surface area contributed by atoms with E-state index in [9.17, 15) is 9.90 Å². The van der Waals surface area contributed by atoms with Gasteiger partial charge in [0.1, 0.15) is 18.4 Å². The van der Waals surface area contributed by atoms with Crippen molar-refractivity contribution in [1.82, 2.24) is 0 Å². The van der Waals surface area contributed by atoms with E-state index in [0.717, 1.165) is 6.92 Å². The largest absolute Gasteiger partial charge is 0.489 e. The van der Waals surface area contributed by atoms with Gasteiger partial charge in [-0.1, -0.05) is 15.9 Å². The van der Waals surface area contributed by atoms with Gasteiger partial charge in [-0.3, -0.25) is 0 Å². The van der Waals surface area contributed by atoms with E-state index in [0.29, 0.717) is 4.47 Å². The molecule has 0 radical (unpaired) electrons. The van der Waals surface area contributed by atoms with Gasteiger partial charge in [0.05, 0.1) is 5.56 Å². The molecule has 0 aromatic heterocycles. The molecule has 0 saturated heterocycles. The van der Waals surface area contributed by atoms with E-state index in [1.165, 1.54) is 6.07 Å². The number of nitrogens with zero attached hydrogens (tertiary/aromatic N) is 1. The van der Waals surface area contributed by atoms with Gasteiger partial charge in [0.2, 0.25) is 0 Å². The maximum absolute atomic E-state index is 10.6. The zero-order chi connectivity index (χ0) is 13.1. The number of rotatable bonds is 4. The maximum Gasteiger partial charge on any atom is 0.339 e. The van der Waals surface area contributed by atoms with E-state index in [1.807, 2.05) is 6.07 Å². The van der Waals surface area contributed by atoms with Gasteiger partial charge < -0.3 is 14.9 Å². The minimum Gasteiger partial charge on any atom is -0.489 e. The number of carboxylic acid groups (broad SMARTS) is 1. The Morgan fingerprint density at radius 1 is 1.65 bits per heavy atom. The number of aliphatic hydroxyl groups is 1. The van der Waals surface area contributed by atoms with Crippen molar-refractivity contribution in [2.75, 3.05) is 6.61 Å². The number of carbonyl (C=O) groups is 1. The molecule has 0 amide bonds. The maximum atomic E-state index is 10.6. The smallest absolute Gasteiger partial charge is 0.339 e. The summed E-state index contributed by atoms with van der Waals surface area (Å²) in [6, 6.07) is 6.65. The van der Waals surface area contributed by atoms with Crippen LogP contribution in [0, 0.1) is 11.3 Å². The lowest BCUT2D eigenvalue weighted by Crippen LogP contribution is -2.41. The average Bonchev–Trinajstić information content (AvgIpc) is 2.27. The van der Waals surface area contributed by atoms with Gasteiger partial charge in [0.15, 0.2) is 5.60 Å². The predicted molar refractivity (Wildman–Crippen MR) is 62.6 cm³/mol. The van der Waals surface area contributed by atoms with Gasteiger partial charge in [-0.15, -0.1) is 0 Å². The summed E-state index contributed by atoms with van der Waals surface area (Å²) in [6.45, 7) is 0.693. The van der Waals surface area contributed by atoms with Crippen LogP contribution in [0.4, 0.5) is 0 Å². The highest BCUT2D eigenvalue weighted by atomic mass is 79.9. The lowest BCUT2D eigenvalue weighted by Gasteiger charge is -2.18. The van der Waals surface area contributed by atoms with Crippen LogP contribution in [0.2, 0.25) is 0 Å². The van der Waals surface area contributed by atoms with Crippen molar-refractivity contribution in [1.29, 1.82) is 5.26 Å². The van der Waals surface area contributed by atoms with Gasteiger partial charge in [0, 0.05) is 4.47 Å². The van der Waals surface area contributed by atoms with Gasteiger partial charge >= 0.3 is 5.97 Å². The standard InChI is InChI=1S/C11H10BrNO4/c1-11(16,10(14)15)6-17-9-3-2-8(12)4-7(9)5-13/h2-4,16H,6H2,1H3,(H,14,15). The Hall–Kier alpha value is -1.58. The third-order valence-electron chi connectivity index (χ3n) is 2.03. The molecule has 2 N–H and O–H groups in total. The monoisotopic (exact) mass is 299 g/mol. The van der Waals surface area contributed by atoms with Crippen LogP contribution < -0.4 is 4.74 Å². The molecule has 0 aliphatic heterocycles.